The zero-order valence-electron chi connectivity index (χ0n) is 13.9. The summed E-state index contributed by atoms with van der Waals surface area (Å²) in [5, 5.41) is 4.20. The maximum absolute atomic E-state index is 5.46. The van der Waals surface area contributed by atoms with Crippen LogP contribution in [0.1, 0.15) is 31.4 Å². The van der Waals surface area contributed by atoms with Gasteiger partial charge in [0.1, 0.15) is 5.76 Å². The molecular weight excluding hydrogens is 433 g/mol. The number of hydrogen-bond acceptors (Lipinski definition) is 8. The van der Waals surface area contributed by atoms with Gasteiger partial charge in [0.05, 0.1) is 6.21 Å². The molecule has 2 aromatic heterocycles. The van der Waals surface area contributed by atoms with Crippen molar-refractivity contribution in [1.82, 2.24) is 15.0 Å². The van der Waals surface area contributed by atoms with E-state index < -0.39 is 0 Å². The van der Waals surface area contributed by atoms with Crippen molar-refractivity contribution in [2.24, 2.45) is 5.10 Å². The third-order valence-corrected chi connectivity index (χ3v) is 4.92. The van der Waals surface area contributed by atoms with Crippen LogP contribution in [0.15, 0.2) is 21.7 Å². The van der Waals surface area contributed by atoms with Gasteiger partial charge in [0.15, 0.2) is 3.77 Å². The van der Waals surface area contributed by atoms with E-state index in [2.05, 4.69) is 57.9 Å². The molecule has 4 rings (SSSR count). The van der Waals surface area contributed by atoms with Gasteiger partial charge in [0, 0.05) is 26.2 Å². The van der Waals surface area contributed by atoms with Gasteiger partial charge >= 0.3 is 0 Å². The summed E-state index contributed by atoms with van der Waals surface area (Å²) in [7, 11) is 0. The molecule has 2 aliphatic heterocycles. The Morgan fingerprint density at radius 1 is 0.960 bits per heavy atom. The van der Waals surface area contributed by atoms with Crippen molar-refractivity contribution in [1.29, 1.82) is 0 Å². The molecule has 0 aromatic carbocycles. The first-order valence-electron chi connectivity index (χ1n) is 8.58. The topological polar surface area (TPSA) is 82.7 Å². The fraction of sp³-hybridized carbons (Fsp3) is 0.500. The van der Waals surface area contributed by atoms with Crippen LogP contribution in [-0.2, 0) is 0 Å². The predicted molar refractivity (Wildman–Crippen MR) is 105 cm³/mol. The zero-order valence-corrected chi connectivity index (χ0v) is 16.0. The SMILES string of the molecule is Ic1ccc(/C=N\Nc2nc(N3CCCC3)nc(N3CCCC3)n2)o1. The minimum atomic E-state index is 0.469. The molecule has 4 heterocycles. The van der Waals surface area contributed by atoms with Crippen molar-refractivity contribution in [3.05, 3.63) is 21.7 Å². The Morgan fingerprint density at radius 2 is 1.56 bits per heavy atom. The van der Waals surface area contributed by atoms with E-state index in [1.165, 1.54) is 25.7 Å². The summed E-state index contributed by atoms with van der Waals surface area (Å²) >= 11 is 2.12. The molecule has 132 valence electrons. The van der Waals surface area contributed by atoms with Crippen molar-refractivity contribution < 1.29 is 4.42 Å². The van der Waals surface area contributed by atoms with Gasteiger partial charge in [0.25, 0.3) is 0 Å². The second kappa shape index (κ2) is 7.54. The molecule has 0 unspecified atom stereocenters. The number of hydrogen-bond donors (Lipinski definition) is 1. The first-order chi connectivity index (χ1) is 12.3. The fourth-order valence-electron chi connectivity index (χ4n) is 3.07. The molecular formula is C16H20IN7O. The summed E-state index contributed by atoms with van der Waals surface area (Å²) in [6.07, 6.45) is 6.36. The molecule has 0 radical (unpaired) electrons. The highest BCUT2D eigenvalue weighted by molar-refractivity contribution is 14.1. The number of rotatable bonds is 5. The van der Waals surface area contributed by atoms with E-state index in [0.717, 1.165) is 41.8 Å². The van der Waals surface area contributed by atoms with E-state index in [4.69, 9.17) is 4.42 Å². The quantitative estimate of drug-likeness (QED) is 0.424. The highest BCUT2D eigenvalue weighted by atomic mass is 127. The first-order valence-corrected chi connectivity index (χ1v) is 9.66. The summed E-state index contributed by atoms with van der Waals surface area (Å²) in [5.41, 5.74) is 2.92. The number of furan rings is 1. The van der Waals surface area contributed by atoms with Crippen LogP contribution in [0.4, 0.5) is 17.8 Å². The Kier molecular flexibility index (Phi) is 4.99. The van der Waals surface area contributed by atoms with Gasteiger partial charge in [0.2, 0.25) is 17.8 Å². The molecule has 2 aromatic rings. The first kappa shape index (κ1) is 16.6. The average Bonchev–Trinajstić information content (AvgIpc) is 3.38. The Morgan fingerprint density at radius 3 is 2.08 bits per heavy atom. The monoisotopic (exact) mass is 453 g/mol. The molecule has 0 atom stereocenters. The number of anilines is 3. The van der Waals surface area contributed by atoms with E-state index >= 15 is 0 Å². The predicted octanol–water partition coefficient (Wildman–Crippen LogP) is 2.72. The molecule has 0 amide bonds. The second-order valence-corrected chi connectivity index (χ2v) is 7.22. The highest BCUT2D eigenvalue weighted by Crippen LogP contribution is 2.22. The summed E-state index contributed by atoms with van der Waals surface area (Å²) in [4.78, 5) is 18.2. The molecule has 2 saturated heterocycles. The van der Waals surface area contributed by atoms with E-state index in [-0.39, 0.29) is 0 Å². The van der Waals surface area contributed by atoms with Crippen LogP contribution >= 0.6 is 22.6 Å². The second-order valence-electron chi connectivity index (χ2n) is 6.16. The lowest BCUT2D eigenvalue weighted by Crippen LogP contribution is -2.25. The minimum absolute atomic E-state index is 0.469. The fourth-order valence-corrected chi connectivity index (χ4v) is 3.51. The van der Waals surface area contributed by atoms with Crippen molar-refractivity contribution in [2.75, 3.05) is 41.4 Å². The van der Waals surface area contributed by atoms with Crippen LogP contribution < -0.4 is 15.2 Å². The summed E-state index contributed by atoms with van der Waals surface area (Å²) < 4.78 is 6.28. The van der Waals surface area contributed by atoms with E-state index in [1.54, 1.807) is 6.21 Å². The maximum atomic E-state index is 5.46. The third kappa shape index (κ3) is 4.02. The lowest BCUT2D eigenvalue weighted by Gasteiger charge is -2.20. The van der Waals surface area contributed by atoms with E-state index in [0.29, 0.717) is 11.7 Å². The van der Waals surface area contributed by atoms with E-state index in [1.807, 2.05) is 12.1 Å². The van der Waals surface area contributed by atoms with E-state index in [9.17, 15) is 0 Å². The molecule has 9 heteroatoms. The van der Waals surface area contributed by atoms with Crippen molar-refractivity contribution in [2.45, 2.75) is 25.7 Å². The number of halogens is 1. The van der Waals surface area contributed by atoms with Gasteiger partial charge in [-0.1, -0.05) is 0 Å². The van der Waals surface area contributed by atoms with Gasteiger partial charge in [-0.15, -0.1) is 0 Å². The Labute approximate surface area is 159 Å². The van der Waals surface area contributed by atoms with Crippen LogP contribution in [-0.4, -0.2) is 47.3 Å². The van der Waals surface area contributed by atoms with Gasteiger partial charge in [-0.3, -0.25) is 0 Å². The average molecular weight is 453 g/mol. The van der Waals surface area contributed by atoms with Gasteiger partial charge in [-0.2, -0.15) is 20.1 Å². The van der Waals surface area contributed by atoms with Crippen LogP contribution in [0.5, 0.6) is 0 Å². The summed E-state index contributed by atoms with van der Waals surface area (Å²) in [6, 6.07) is 3.76. The molecule has 2 aliphatic rings. The van der Waals surface area contributed by atoms with Gasteiger partial charge in [-0.25, -0.2) is 5.43 Å². The molecule has 8 nitrogen and oxygen atoms in total. The summed E-state index contributed by atoms with van der Waals surface area (Å²) in [5.74, 6) is 2.63. The Balaban J connectivity index is 1.55. The van der Waals surface area contributed by atoms with Gasteiger partial charge < -0.3 is 14.2 Å². The van der Waals surface area contributed by atoms with Gasteiger partial charge in [-0.05, 0) is 60.4 Å². The van der Waals surface area contributed by atoms with Crippen molar-refractivity contribution in [3.8, 4) is 0 Å². The van der Waals surface area contributed by atoms with Crippen LogP contribution in [0.2, 0.25) is 0 Å². The number of hydrazone groups is 1. The maximum Gasteiger partial charge on any atom is 0.250 e. The number of nitrogens with one attached hydrogen (secondary N) is 1. The highest BCUT2D eigenvalue weighted by Gasteiger charge is 2.21. The largest absolute Gasteiger partial charge is 0.449 e. The minimum Gasteiger partial charge on any atom is -0.449 e. The molecule has 0 bridgehead atoms. The molecule has 2 fully saturated rings. The Hall–Kier alpha value is -1.91. The number of aromatic nitrogens is 3. The standard InChI is InChI=1S/C16H20IN7O/c17-13-6-5-12(25-13)11-18-22-14-19-15(23-7-1-2-8-23)21-16(20-14)24-9-3-4-10-24/h5-6,11H,1-4,7-10H2,(H,19,20,21,22)/b18-11-. The molecule has 0 saturated carbocycles. The van der Waals surface area contributed by atoms with Crippen LogP contribution in [0.3, 0.4) is 0 Å². The Bertz CT molecular complexity index is 716. The lowest BCUT2D eigenvalue weighted by atomic mass is 10.4. The normalized spacial score (nSPS) is 17.8. The van der Waals surface area contributed by atoms with Crippen LogP contribution in [0.25, 0.3) is 0 Å². The third-order valence-electron chi connectivity index (χ3n) is 4.34. The molecule has 1 N–H and O–H groups in total. The zero-order chi connectivity index (χ0) is 17.1. The summed E-state index contributed by atoms with van der Waals surface area (Å²) in [6.45, 7) is 3.99. The smallest absolute Gasteiger partial charge is 0.250 e. The molecule has 0 aliphatic carbocycles. The molecule has 0 spiro atoms. The molecule has 25 heavy (non-hydrogen) atoms. The van der Waals surface area contributed by atoms with Crippen LogP contribution in [0, 0.1) is 3.77 Å². The van der Waals surface area contributed by atoms with Crippen molar-refractivity contribution >= 4 is 46.7 Å². The number of nitrogens with zero attached hydrogens (tertiary/aromatic N) is 6. The lowest BCUT2D eigenvalue weighted by molar-refractivity contribution is 0.531. The van der Waals surface area contributed by atoms with Crippen molar-refractivity contribution in [3.63, 3.8) is 0 Å².